The Hall–Kier alpha value is -2.34. The molecular weight excluding hydrogens is 258 g/mol. The second-order valence-electron chi connectivity index (χ2n) is 4.65. The van der Waals surface area contributed by atoms with Crippen LogP contribution in [0.2, 0.25) is 0 Å². The van der Waals surface area contributed by atoms with Crippen molar-refractivity contribution >= 4 is 0 Å². The van der Waals surface area contributed by atoms with E-state index >= 15 is 0 Å². The summed E-state index contributed by atoms with van der Waals surface area (Å²) in [4.78, 5) is 8.54. The van der Waals surface area contributed by atoms with Crippen molar-refractivity contribution < 1.29 is 14.2 Å². The quantitative estimate of drug-likeness (QED) is 0.895. The number of hydrogen-bond donors (Lipinski definition) is 1. The van der Waals surface area contributed by atoms with Gasteiger partial charge in [-0.25, -0.2) is 9.97 Å². The van der Waals surface area contributed by atoms with Gasteiger partial charge in [-0.1, -0.05) is 0 Å². The van der Waals surface area contributed by atoms with E-state index in [0.29, 0.717) is 17.4 Å². The molecule has 0 amide bonds. The average Bonchev–Trinajstić information content (AvgIpc) is 2.95. The van der Waals surface area contributed by atoms with Crippen LogP contribution < -0.4 is 19.5 Å². The third kappa shape index (κ3) is 1.94. The molecule has 20 heavy (non-hydrogen) atoms. The van der Waals surface area contributed by atoms with Crippen LogP contribution in [0.3, 0.4) is 0 Å². The van der Waals surface area contributed by atoms with E-state index in [1.807, 2.05) is 18.2 Å². The molecule has 0 saturated carbocycles. The van der Waals surface area contributed by atoms with Crippen LogP contribution in [0.5, 0.6) is 23.1 Å². The summed E-state index contributed by atoms with van der Waals surface area (Å²) in [7, 11) is 0. The van der Waals surface area contributed by atoms with Gasteiger partial charge in [0.15, 0.2) is 11.5 Å². The first-order valence-corrected chi connectivity index (χ1v) is 6.51. The van der Waals surface area contributed by atoms with Crippen LogP contribution in [0.25, 0.3) is 0 Å². The summed E-state index contributed by atoms with van der Waals surface area (Å²) in [5, 5.41) is 3.30. The molecule has 102 valence electrons. The SMILES string of the molecule is c1nc2c(c(Oc3ccc4c(c3)OCO4)n1)CNCC2. The number of benzene rings is 1. The lowest BCUT2D eigenvalue weighted by Gasteiger charge is -2.18. The zero-order chi connectivity index (χ0) is 13.4. The second kappa shape index (κ2) is 4.64. The number of fused-ring (bicyclic) bond motifs is 2. The van der Waals surface area contributed by atoms with E-state index in [4.69, 9.17) is 14.2 Å². The van der Waals surface area contributed by atoms with Crippen LogP contribution in [0.4, 0.5) is 0 Å². The zero-order valence-electron chi connectivity index (χ0n) is 10.8. The Balaban J connectivity index is 1.66. The van der Waals surface area contributed by atoms with Crippen LogP contribution >= 0.6 is 0 Å². The van der Waals surface area contributed by atoms with E-state index < -0.39 is 0 Å². The highest BCUT2D eigenvalue weighted by Gasteiger charge is 2.18. The fourth-order valence-electron chi connectivity index (χ4n) is 2.38. The predicted octanol–water partition coefficient (Wildman–Crippen LogP) is 1.64. The largest absolute Gasteiger partial charge is 0.454 e. The van der Waals surface area contributed by atoms with Gasteiger partial charge in [0.05, 0.1) is 11.3 Å². The van der Waals surface area contributed by atoms with Gasteiger partial charge in [0.1, 0.15) is 12.1 Å². The number of hydrogen-bond acceptors (Lipinski definition) is 6. The van der Waals surface area contributed by atoms with Gasteiger partial charge in [0.2, 0.25) is 12.7 Å². The van der Waals surface area contributed by atoms with E-state index in [-0.39, 0.29) is 6.79 Å². The Labute approximate surface area is 115 Å². The van der Waals surface area contributed by atoms with Crippen molar-refractivity contribution in [2.75, 3.05) is 13.3 Å². The summed E-state index contributed by atoms with van der Waals surface area (Å²) >= 11 is 0. The van der Waals surface area contributed by atoms with Crippen LogP contribution in [-0.4, -0.2) is 23.3 Å². The Bertz CT molecular complexity index is 660. The molecule has 0 fully saturated rings. The van der Waals surface area contributed by atoms with Gasteiger partial charge >= 0.3 is 0 Å². The van der Waals surface area contributed by atoms with Crippen molar-refractivity contribution in [1.82, 2.24) is 15.3 Å². The van der Waals surface area contributed by atoms with Gasteiger partial charge in [0.25, 0.3) is 0 Å². The van der Waals surface area contributed by atoms with Crippen LogP contribution in [0, 0.1) is 0 Å². The number of nitrogens with one attached hydrogen (secondary N) is 1. The molecule has 4 rings (SSSR count). The van der Waals surface area contributed by atoms with E-state index in [2.05, 4.69) is 15.3 Å². The average molecular weight is 271 g/mol. The minimum Gasteiger partial charge on any atom is -0.454 e. The Morgan fingerprint density at radius 1 is 1.15 bits per heavy atom. The van der Waals surface area contributed by atoms with E-state index in [1.54, 1.807) is 6.33 Å². The standard InChI is InChI=1S/C14H13N3O3/c1-2-12-13(19-8-18-12)5-9(1)20-14-10-6-15-4-3-11(10)16-7-17-14/h1-2,5,7,15H,3-4,6,8H2. The van der Waals surface area contributed by atoms with Crippen LogP contribution in [0.15, 0.2) is 24.5 Å². The molecule has 0 bridgehead atoms. The summed E-state index contributed by atoms with van der Waals surface area (Å²) in [6.07, 6.45) is 2.45. The van der Waals surface area contributed by atoms with Crippen molar-refractivity contribution in [2.45, 2.75) is 13.0 Å². The number of rotatable bonds is 2. The molecule has 0 spiro atoms. The number of aromatic nitrogens is 2. The Kier molecular flexibility index (Phi) is 2.67. The van der Waals surface area contributed by atoms with Gasteiger partial charge < -0.3 is 19.5 Å². The van der Waals surface area contributed by atoms with E-state index in [1.165, 1.54) is 0 Å². The smallest absolute Gasteiger partial charge is 0.231 e. The Morgan fingerprint density at radius 2 is 2.10 bits per heavy atom. The lowest BCUT2D eigenvalue weighted by Crippen LogP contribution is -2.25. The minimum absolute atomic E-state index is 0.256. The lowest BCUT2D eigenvalue weighted by atomic mass is 10.1. The van der Waals surface area contributed by atoms with Gasteiger partial charge in [-0.3, -0.25) is 0 Å². The van der Waals surface area contributed by atoms with Gasteiger partial charge in [0, 0.05) is 25.6 Å². The first kappa shape index (κ1) is 11.5. The van der Waals surface area contributed by atoms with Crippen molar-refractivity contribution in [2.24, 2.45) is 0 Å². The van der Waals surface area contributed by atoms with Gasteiger partial charge in [-0.05, 0) is 12.1 Å². The van der Waals surface area contributed by atoms with Crippen molar-refractivity contribution in [3.05, 3.63) is 35.8 Å². The molecule has 3 heterocycles. The fourth-order valence-corrected chi connectivity index (χ4v) is 2.38. The van der Waals surface area contributed by atoms with Gasteiger partial charge in [-0.15, -0.1) is 0 Å². The molecule has 0 saturated heterocycles. The first-order chi connectivity index (χ1) is 9.90. The molecule has 1 aromatic heterocycles. The summed E-state index contributed by atoms with van der Waals surface area (Å²) in [6, 6.07) is 5.49. The highest BCUT2D eigenvalue weighted by Crippen LogP contribution is 2.37. The topological polar surface area (TPSA) is 65.5 Å². The Morgan fingerprint density at radius 3 is 3.10 bits per heavy atom. The monoisotopic (exact) mass is 271 g/mol. The molecule has 1 aromatic carbocycles. The predicted molar refractivity (Wildman–Crippen MR) is 70.1 cm³/mol. The lowest BCUT2D eigenvalue weighted by molar-refractivity contribution is 0.174. The molecule has 2 aliphatic rings. The van der Waals surface area contributed by atoms with Crippen LogP contribution in [0.1, 0.15) is 11.3 Å². The highest BCUT2D eigenvalue weighted by molar-refractivity contribution is 5.48. The maximum atomic E-state index is 5.88. The fraction of sp³-hybridized carbons (Fsp3) is 0.286. The van der Waals surface area contributed by atoms with E-state index in [0.717, 1.165) is 36.5 Å². The third-order valence-corrected chi connectivity index (χ3v) is 3.39. The molecule has 0 unspecified atom stereocenters. The summed E-state index contributed by atoms with van der Waals surface area (Å²) < 4.78 is 16.5. The molecule has 0 radical (unpaired) electrons. The van der Waals surface area contributed by atoms with Gasteiger partial charge in [-0.2, -0.15) is 0 Å². The number of nitrogens with zero attached hydrogens (tertiary/aromatic N) is 2. The maximum Gasteiger partial charge on any atom is 0.231 e. The molecule has 2 aromatic rings. The summed E-state index contributed by atoms with van der Waals surface area (Å²) in [6.45, 7) is 1.93. The molecule has 6 heteroatoms. The molecule has 0 atom stereocenters. The first-order valence-electron chi connectivity index (χ1n) is 6.51. The van der Waals surface area contributed by atoms with Crippen molar-refractivity contribution in [3.8, 4) is 23.1 Å². The normalized spacial score (nSPS) is 15.8. The zero-order valence-corrected chi connectivity index (χ0v) is 10.8. The van der Waals surface area contributed by atoms with Crippen molar-refractivity contribution in [1.29, 1.82) is 0 Å². The highest BCUT2D eigenvalue weighted by atomic mass is 16.7. The van der Waals surface area contributed by atoms with E-state index in [9.17, 15) is 0 Å². The molecule has 2 aliphatic heterocycles. The molecule has 1 N–H and O–H groups in total. The number of ether oxygens (including phenoxy) is 3. The maximum absolute atomic E-state index is 5.88. The third-order valence-electron chi connectivity index (χ3n) is 3.39. The molecular formula is C14H13N3O3. The molecule has 0 aliphatic carbocycles. The molecule has 6 nitrogen and oxygen atoms in total. The minimum atomic E-state index is 0.256. The summed E-state index contributed by atoms with van der Waals surface area (Å²) in [5.41, 5.74) is 2.07. The second-order valence-corrected chi connectivity index (χ2v) is 4.65. The summed E-state index contributed by atoms with van der Waals surface area (Å²) in [5.74, 6) is 2.72. The van der Waals surface area contributed by atoms with Crippen molar-refractivity contribution in [3.63, 3.8) is 0 Å². The van der Waals surface area contributed by atoms with Crippen LogP contribution in [-0.2, 0) is 13.0 Å².